The third-order valence-corrected chi connectivity index (χ3v) is 2.40. The molecule has 0 aliphatic heterocycles. The first-order chi connectivity index (χ1) is 6.31. The molecule has 2 aromatic heterocycles. The molecule has 0 fully saturated rings. The highest BCUT2D eigenvalue weighted by atomic mass is 15.2. The van der Waals surface area contributed by atoms with Gasteiger partial charge in [-0.15, -0.1) is 0 Å². The highest BCUT2D eigenvalue weighted by molar-refractivity contribution is 5.45. The molecule has 0 saturated heterocycles. The highest BCUT2D eigenvalue weighted by Crippen LogP contribution is 2.17. The van der Waals surface area contributed by atoms with Crippen LogP contribution >= 0.6 is 0 Å². The van der Waals surface area contributed by atoms with E-state index in [0.29, 0.717) is 5.92 Å². The van der Waals surface area contributed by atoms with Gasteiger partial charge in [0.1, 0.15) is 0 Å². The quantitative estimate of drug-likeness (QED) is 0.700. The van der Waals surface area contributed by atoms with Gasteiger partial charge in [-0.2, -0.15) is 5.10 Å². The molecule has 2 rings (SSSR count). The van der Waals surface area contributed by atoms with E-state index in [1.807, 2.05) is 16.9 Å². The zero-order valence-electron chi connectivity index (χ0n) is 7.94. The van der Waals surface area contributed by atoms with Crippen LogP contribution in [-0.4, -0.2) is 14.6 Å². The van der Waals surface area contributed by atoms with Crippen molar-refractivity contribution in [1.29, 1.82) is 0 Å². The molecule has 0 amide bonds. The first-order valence-corrected chi connectivity index (χ1v) is 4.60. The summed E-state index contributed by atoms with van der Waals surface area (Å²) in [6, 6.07) is 2.10. The molecule has 0 aliphatic rings. The minimum atomic E-state index is 0.528. The predicted octanol–water partition coefficient (Wildman–Crippen LogP) is 2.24. The Bertz CT molecular complexity index is 372. The molecule has 1 atom stereocenters. The van der Waals surface area contributed by atoms with E-state index in [0.717, 1.165) is 17.6 Å². The predicted molar refractivity (Wildman–Crippen MR) is 51.7 cm³/mol. The van der Waals surface area contributed by atoms with E-state index in [-0.39, 0.29) is 0 Å². The molecule has 0 aliphatic carbocycles. The zero-order chi connectivity index (χ0) is 9.26. The van der Waals surface area contributed by atoms with Crippen LogP contribution in [0.1, 0.15) is 31.9 Å². The Hall–Kier alpha value is -1.38. The lowest BCUT2D eigenvalue weighted by Crippen LogP contribution is -1.93. The number of aromatic nitrogens is 3. The zero-order valence-corrected chi connectivity index (χ0v) is 7.94. The molecule has 0 spiro atoms. The van der Waals surface area contributed by atoms with Crippen LogP contribution in [0.5, 0.6) is 0 Å². The molecule has 1 unspecified atom stereocenters. The largest absolute Gasteiger partial charge is 0.261 e. The maximum Gasteiger partial charge on any atom is 0.0847 e. The van der Waals surface area contributed by atoms with Crippen LogP contribution in [0.3, 0.4) is 0 Å². The molecule has 0 saturated carbocycles. The molecule has 13 heavy (non-hydrogen) atoms. The van der Waals surface area contributed by atoms with Gasteiger partial charge in [0.25, 0.3) is 0 Å². The van der Waals surface area contributed by atoms with Gasteiger partial charge in [0.15, 0.2) is 0 Å². The highest BCUT2D eigenvalue weighted by Gasteiger charge is 2.07. The number of rotatable bonds is 2. The van der Waals surface area contributed by atoms with Gasteiger partial charge in [-0.05, 0) is 18.4 Å². The number of nitrogens with zero attached hydrogens (tertiary/aromatic N) is 3. The van der Waals surface area contributed by atoms with Crippen LogP contribution < -0.4 is 0 Å². The van der Waals surface area contributed by atoms with Crippen molar-refractivity contribution in [3.05, 3.63) is 30.4 Å². The van der Waals surface area contributed by atoms with E-state index < -0.39 is 0 Å². The fourth-order valence-electron chi connectivity index (χ4n) is 1.32. The smallest absolute Gasteiger partial charge is 0.0847 e. The summed E-state index contributed by atoms with van der Waals surface area (Å²) >= 11 is 0. The molecule has 2 heterocycles. The van der Waals surface area contributed by atoms with Crippen molar-refractivity contribution >= 4 is 5.52 Å². The third-order valence-electron chi connectivity index (χ3n) is 2.40. The van der Waals surface area contributed by atoms with Crippen molar-refractivity contribution in [2.45, 2.75) is 26.2 Å². The minimum Gasteiger partial charge on any atom is -0.261 e. The topological polar surface area (TPSA) is 30.2 Å². The van der Waals surface area contributed by atoms with E-state index in [4.69, 9.17) is 0 Å². The maximum atomic E-state index is 4.46. The Morgan fingerprint density at radius 2 is 2.38 bits per heavy atom. The summed E-state index contributed by atoms with van der Waals surface area (Å²) in [7, 11) is 0. The fourth-order valence-corrected chi connectivity index (χ4v) is 1.32. The molecule has 0 radical (unpaired) electrons. The SMILES string of the molecule is CCC(C)c1cc2cnccn2n1. The molecular weight excluding hydrogens is 162 g/mol. The van der Waals surface area contributed by atoms with Gasteiger partial charge < -0.3 is 0 Å². The van der Waals surface area contributed by atoms with Crippen LogP contribution in [0, 0.1) is 0 Å². The van der Waals surface area contributed by atoms with Gasteiger partial charge in [0.05, 0.1) is 17.4 Å². The van der Waals surface area contributed by atoms with E-state index in [1.165, 1.54) is 0 Å². The summed E-state index contributed by atoms with van der Waals surface area (Å²) in [6.45, 7) is 4.36. The molecule has 3 nitrogen and oxygen atoms in total. The Morgan fingerprint density at radius 1 is 1.54 bits per heavy atom. The standard InChI is InChI=1S/C10H13N3/c1-3-8(2)10-6-9-7-11-4-5-13(9)12-10/h4-8H,3H2,1-2H3. The average molecular weight is 175 g/mol. The lowest BCUT2D eigenvalue weighted by molar-refractivity contribution is 0.694. The fraction of sp³-hybridized carbons (Fsp3) is 0.400. The average Bonchev–Trinajstić information content (AvgIpc) is 2.59. The van der Waals surface area contributed by atoms with Gasteiger partial charge in [-0.3, -0.25) is 4.98 Å². The van der Waals surface area contributed by atoms with Crippen LogP contribution in [0.2, 0.25) is 0 Å². The van der Waals surface area contributed by atoms with Crippen molar-refractivity contribution in [3.8, 4) is 0 Å². The molecule has 2 aromatic rings. The Balaban J connectivity index is 2.49. The van der Waals surface area contributed by atoms with Crippen LogP contribution in [0.4, 0.5) is 0 Å². The van der Waals surface area contributed by atoms with E-state index in [2.05, 4.69) is 30.0 Å². The lowest BCUT2D eigenvalue weighted by atomic mass is 10.1. The summed E-state index contributed by atoms with van der Waals surface area (Å²) < 4.78 is 1.87. The van der Waals surface area contributed by atoms with Gasteiger partial charge in [0.2, 0.25) is 0 Å². The molecule has 68 valence electrons. The summed E-state index contributed by atoms with van der Waals surface area (Å²) in [6.07, 6.45) is 6.58. The summed E-state index contributed by atoms with van der Waals surface area (Å²) in [5.41, 5.74) is 2.22. The van der Waals surface area contributed by atoms with Crippen LogP contribution in [-0.2, 0) is 0 Å². The monoisotopic (exact) mass is 175 g/mol. The summed E-state index contributed by atoms with van der Waals surface area (Å²) in [5.74, 6) is 0.528. The number of fused-ring (bicyclic) bond motifs is 1. The molecule has 0 N–H and O–H groups in total. The van der Waals surface area contributed by atoms with Crippen molar-refractivity contribution in [2.24, 2.45) is 0 Å². The molecule has 3 heteroatoms. The second-order valence-electron chi connectivity index (χ2n) is 3.32. The summed E-state index contributed by atoms with van der Waals surface area (Å²) in [4.78, 5) is 4.05. The van der Waals surface area contributed by atoms with Gasteiger partial charge >= 0.3 is 0 Å². The maximum absolute atomic E-state index is 4.46. The van der Waals surface area contributed by atoms with Crippen LogP contribution in [0.15, 0.2) is 24.7 Å². The van der Waals surface area contributed by atoms with Gasteiger partial charge in [-0.25, -0.2) is 4.52 Å². The van der Waals surface area contributed by atoms with Crippen molar-refractivity contribution in [1.82, 2.24) is 14.6 Å². The summed E-state index contributed by atoms with van der Waals surface area (Å²) in [5, 5.41) is 4.46. The van der Waals surface area contributed by atoms with E-state index >= 15 is 0 Å². The number of hydrogen-bond donors (Lipinski definition) is 0. The number of hydrogen-bond acceptors (Lipinski definition) is 2. The van der Waals surface area contributed by atoms with E-state index in [1.54, 1.807) is 6.20 Å². The van der Waals surface area contributed by atoms with Crippen molar-refractivity contribution in [3.63, 3.8) is 0 Å². The van der Waals surface area contributed by atoms with Gasteiger partial charge in [0, 0.05) is 12.4 Å². The second-order valence-corrected chi connectivity index (χ2v) is 3.32. The van der Waals surface area contributed by atoms with Gasteiger partial charge in [-0.1, -0.05) is 13.8 Å². The van der Waals surface area contributed by atoms with E-state index in [9.17, 15) is 0 Å². The Labute approximate surface area is 77.4 Å². The normalized spacial score (nSPS) is 13.4. The molecule has 0 bridgehead atoms. The first-order valence-electron chi connectivity index (χ1n) is 4.60. The lowest BCUT2D eigenvalue weighted by Gasteiger charge is -2.01. The molecule has 0 aromatic carbocycles. The Morgan fingerprint density at radius 3 is 3.08 bits per heavy atom. The second kappa shape index (κ2) is 3.17. The first kappa shape index (κ1) is 8.23. The van der Waals surface area contributed by atoms with Crippen LogP contribution in [0.25, 0.3) is 5.52 Å². The Kier molecular flexibility index (Phi) is 2.00. The molecular formula is C10H13N3. The third kappa shape index (κ3) is 1.41. The minimum absolute atomic E-state index is 0.528. The van der Waals surface area contributed by atoms with Crippen molar-refractivity contribution < 1.29 is 0 Å². The van der Waals surface area contributed by atoms with Crippen molar-refractivity contribution in [2.75, 3.05) is 0 Å².